The molecule has 5 heteroatoms. The lowest BCUT2D eigenvalue weighted by Crippen LogP contribution is -2.50. The van der Waals surface area contributed by atoms with E-state index in [0.29, 0.717) is 32.4 Å². The zero-order chi connectivity index (χ0) is 13.9. The van der Waals surface area contributed by atoms with E-state index in [-0.39, 0.29) is 11.8 Å². The second-order valence-electron chi connectivity index (χ2n) is 5.81. The summed E-state index contributed by atoms with van der Waals surface area (Å²) < 4.78 is 0. The molecule has 5 nitrogen and oxygen atoms in total. The molecule has 0 saturated carbocycles. The third-order valence-corrected chi connectivity index (χ3v) is 4.81. The molecule has 19 heavy (non-hydrogen) atoms. The minimum absolute atomic E-state index is 0.0905. The Bertz CT molecular complexity index is 343. The van der Waals surface area contributed by atoms with Gasteiger partial charge in [0.25, 0.3) is 0 Å². The summed E-state index contributed by atoms with van der Waals surface area (Å²) in [4.78, 5) is 25.6. The fourth-order valence-electron chi connectivity index (χ4n) is 3.19. The third-order valence-electron chi connectivity index (χ3n) is 4.81. The second kappa shape index (κ2) is 5.90. The number of carbonyl (C=O) groups excluding carboxylic acids is 1. The van der Waals surface area contributed by atoms with Crippen LogP contribution in [0.1, 0.15) is 39.0 Å². The molecule has 0 bridgehead atoms. The summed E-state index contributed by atoms with van der Waals surface area (Å²) in [5.74, 6) is -0.406. The molecule has 2 aliphatic heterocycles. The fourth-order valence-corrected chi connectivity index (χ4v) is 3.19. The highest BCUT2D eigenvalue weighted by Gasteiger charge is 2.41. The smallest absolute Gasteiger partial charge is 0.309 e. The van der Waals surface area contributed by atoms with Crippen LogP contribution in [0.2, 0.25) is 0 Å². The Balaban J connectivity index is 1.92. The van der Waals surface area contributed by atoms with Gasteiger partial charge in [-0.25, -0.2) is 0 Å². The maximum Gasteiger partial charge on any atom is 0.309 e. The molecule has 2 rings (SSSR count). The van der Waals surface area contributed by atoms with E-state index in [4.69, 9.17) is 0 Å². The van der Waals surface area contributed by atoms with Gasteiger partial charge in [-0.15, -0.1) is 0 Å². The number of likely N-dealkylation sites (tertiary alicyclic amines) is 1. The predicted molar refractivity (Wildman–Crippen MR) is 71.8 cm³/mol. The van der Waals surface area contributed by atoms with E-state index < -0.39 is 11.4 Å². The Labute approximate surface area is 114 Å². The normalized spacial score (nSPS) is 27.0. The van der Waals surface area contributed by atoms with E-state index in [1.54, 1.807) is 0 Å². The maximum atomic E-state index is 12.4. The van der Waals surface area contributed by atoms with Crippen molar-refractivity contribution in [2.24, 2.45) is 11.3 Å². The molecule has 0 aromatic rings. The molecule has 0 aliphatic carbocycles. The van der Waals surface area contributed by atoms with Gasteiger partial charge in [0.05, 0.1) is 11.3 Å². The van der Waals surface area contributed by atoms with Crippen LogP contribution in [-0.2, 0) is 9.59 Å². The molecule has 1 unspecified atom stereocenters. The van der Waals surface area contributed by atoms with Gasteiger partial charge in [-0.1, -0.05) is 6.92 Å². The van der Waals surface area contributed by atoms with E-state index in [2.05, 4.69) is 5.32 Å². The van der Waals surface area contributed by atoms with Crippen LogP contribution in [0.15, 0.2) is 0 Å². The van der Waals surface area contributed by atoms with Gasteiger partial charge in [0, 0.05) is 19.6 Å². The van der Waals surface area contributed by atoms with Crippen molar-refractivity contribution in [1.29, 1.82) is 0 Å². The summed E-state index contributed by atoms with van der Waals surface area (Å²) in [7, 11) is 0. The first-order chi connectivity index (χ1) is 9.09. The molecule has 108 valence electrons. The number of rotatable bonds is 3. The standard InChI is InChI=1S/C14H24N2O3/c1-2-14(13(18)19)5-8-16(9-6-14)12(17)11-4-3-7-15-10-11/h11,15H,2-10H2,1H3,(H,18,19). The Morgan fingerprint density at radius 1 is 1.37 bits per heavy atom. The van der Waals surface area contributed by atoms with Crippen molar-refractivity contribution in [3.63, 3.8) is 0 Å². The molecular formula is C14H24N2O3. The Hall–Kier alpha value is -1.10. The lowest BCUT2D eigenvalue weighted by Gasteiger charge is -2.40. The van der Waals surface area contributed by atoms with Gasteiger partial charge in [0.2, 0.25) is 5.91 Å². The number of amides is 1. The summed E-state index contributed by atoms with van der Waals surface area (Å²) >= 11 is 0. The van der Waals surface area contributed by atoms with Gasteiger partial charge < -0.3 is 15.3 Å². The largest absolute Gasteiger partial charge is 0.481 e. The number of hydrogen-bond donors (Lipinski definition) is 2. The molecule has 0 aromatic carbocycles. The second-order valence-corrected chi connectivity index (χ2v) is 5.81. The van der Waals surface area contributed by atoms with Crippen LogP contribution < -0.4 is 5.32 Å². The zero-order valence-corrected chi connectivity index (χ0v) is 11.7. The lowest BCUT2D eigenvalue weighted by atomic mass is 9.76. The van der Waals surface area contributed by atoms with Crippen molar-refractivity contribution >= 4 is 11.9 Å². The molecule has 0 aromatic heterocycles. The topological polar surface area (TPSA) is 69.6 Å². The van der Waals surface area contributed by atoms with Crippen molar-refractivity contribution in [3.05, 3.63) is 0 Å². The molecular weight excluding hydrogens is 244 g/mol. The fraction of sp³-hybridized carbons (Fsp3) is 0.857. The highest BCUT2D eigenvalue weighted by Crippen LogP contribution is 2.35. The Kier molecular flexibility index (Phi) is 4.45. The van der Waals surface area contributed by atoms with Crippen LogP contribution in [0, 0.1) is 11.3 Å². The van der Waals surface area contributed by atoms with E-state index in [9.17, 15) is 14.7 Å². The van der Waals surface area contributed by atoms with Crippen molar-refractivity contribution in [3.8, 4) is 0 Å². The van der Waals surface area contributed by atoms with Crippen LogP contribution in [-0.4, -0.2) is 48.1 Å². The number of aliphatic carboxylic acids is 1. The number of nitrogens with one attached hydrogen (secondary N) is 1. The quantitative estimate of drug-likeness (QED) is 0.804. The first kappa shape index (κ1) is 14.3. The average molecular weight is 268 g/mol. The molecule has 0 radical (unpaired) electrons. The van der Waals surface area contributed by atoms with Crippen molar-refractivity contribution in [1.82, 2.24) is 10.2 Å². The average Bonchev–Trinajstić information content (AvgIpc) is 2.47. The van der Waals surface area contributed by atoms with Gasteiger partial charge in [0.15, 0.2) is 0 Å². The number of carbonyl (C=O) groups is 2. The number of carboxylic acids is 1. The van der Waals surface area contributed by atoms with Crippen LogP contribution >= 0.6 is 0 Å². The molecule has 1 atom stereocenters. The van der Waals surface area contributed by atoms with Crippen LogP contribution in [0.25, 0.3) is 0 Å². The molecule has 2 saturated heterocycles. The molecule has 2 aliphatic rings. The van der Waals surface area contributed by atoms with Crippen molar-refractivity contribution in [2.75, 3.05) is 26.2 Å². The van der Waals surface area contributed by atoms with Gasteiger partial charge >= 0.3 is 5.97 Å². The van der Waals surface area contributed by atoms with Gasteiger partial charge in [-0.3, -0.25) is 9.59 Å². The molecule has 1 amide bonds. The molecule has 2 heterocycles. The maximum absolute atomic E-state index is 12.4. The SMILES string of the molecule is CCC1(C(=O)O)CCN(C(=O)C2CCCNC2)CC1. The van der Waals surface area contributed by atoms with E-state index >= 15 is 0 Å². The van der Waals surface area contributed by atoms with Gasteiger partial charge in [-0.2, -0.15) is 0 Å². The molecule has 2 N–H and O–H groups in total. The monoisotopic (exact) mass is 268 g/mol. The number of carboxylic acid groups (broad SMARTS) is 1. The molecule has 0 spiro atoms. The minimum Gasteiger partial charge on any atom is -0.481 e. The van der Waals surface area contributed by atoms with E-state index in [1.807, 2.05) is 11.8 Å². The Morgan fingerprint density at radius 2 is 2.05 bits per heavy atom. The van der Waals surface area contributed by atoms with Gasteiger partial charge in [0.1, 0.15) is 0 Å². The highest BCUT2D eigenvalue weighted by atomic mass is 16.4. The number of piperidine rings is 2. The summed E-state index contributed by atoms with van der Waals surface area (Å²) in [6, 6.07) is 0. The summed E-state index contributed by atoms with van der Waals surface area (Å²) in [5.41, 5.74) is -0.610. The minimum atomic E-state index is -0.707. The lowest BCUT2D eigenvalue weighted by molar-refractivity contribution is -0.155. The first-order valence-corrected chi connectivity index (χ1v) is 7.32. The zero-order valence-electron chi connectivity index (χ0n) is 11.7. The highest BCUT2D eigenvalue weighted by molar-refractivity contribution is 5.80. The third kappa shape index (κ3) is 2.91. The predicted octanol–water partition coefficient (Wildman–Crippen LogP) is 1.09. The van der Waals surface area contributed by atoms with Gasteiger partial charge in [-0.05, 0) is 38.6 Å². The number of hydrogen-bond acceptors (Lipinski definition) is 3. The van der Waals surface area contributed by atoms with Crippen LogP contribution in [0.4, 0.5) is 0 Å². The summed E-state index contributed by atoms with van der Waals surface area (Å²) in [6.45, 7) is 4.89. The first-order valence-electron chi connectivity index (χ1n) is 7.32. The van der Waals surface area contributed by atoms with Crippen LogP contribution in [0.3, 0.4) is 0 Å². The Morgan fingerprint density at radius 3 is 2.53 bits per heavy atom. The molecule has 2 fully saturated rings. The van der Waals surface area contributed by atoms with E-state index in [0.717, 1.165) is 25.9 Å². The van der Waals surface area contributed by atoms with Crippen LogP contribution in [0.5, 0.6) is 0 Å². The summed E-state index contributed by atoms with van der Waals surface area (Å²) in [5, 5.41) is 12.6. The van der Waals surface area contributed by atoms with Crippen molar-refractivity contribution in [2.45, 2.75) is 39.0 Å². The van der Waals surface area contributed by atoms with Crippen molar-refractivity contribution < 1.29 is 14.7 Å². The van der Waals surface area contributed by atoms with E-state index in [1.165, 1.54) is 0 Å². The summed E-state index contributed by atoms with van der Waals surface area (Å²) in [6.07, 6.45) is 3.84. The number of nitrogens with zero attached hydrogens (tertiary/aromatic N) is 1.